The van der Waals surface area contributed by atoms with Crippen molar-refractivity contribution in [2.24, 2.45) is 5.92 Å². The summed E-state index contributed by atoms with van der Waals surface area (Å²) in [6.07, 6.45) is 0. The van der Waals surface area contributed by atoms with Gasteiger partial charge in [-0.25, -0.2) is 4.79 Å². The Bertz CT molecular complexity index is 412. The number of benzene rings is 1. The molecule has 0 fully saturated rings. The van der Waals surface area contributed by atoms with Crippen LogP contribution in [0.15, 0.2) is 24.3 Å². The van der Waals surface area contributed by atoms with E-state index in [0.717, 1.165) is 13.1 Å². The number of rotatable bonds is 8. The van der Waals surface area contributed by atoms with Gasteiger partial charge in [0, 0.05) is 19.1 Å². The molecule has 0 spiro atoms. The van der Waals surface area contributed by atoms with E-state index in [-0.39, 0.29) is 6.61 Å². The van der Waals surface area contributed by atoms with Crippen LogP contribution in [0, 0.1) is 5.92 Å². The topological polar surface area (TPSA) is 49.8 Å². The lowest BCUT2D eigenvalue weighted by Crippen LogP contribution is -2.33. The maximum Gasteiger partial charge on any atom is 0.341 e. The molecule has 1 rings (SSSR count). The van der Waals surface area contributed by atoms with E-state index < -0.39 is 5.97 Å². The van der Waals surface area contributed by atoms with E-state index in [9.17, 15) is 4.79 Å². The Morgan fingerprint density at radius 1 is 1.20 bits per heavy atom. The molecular weight excluding hydrogens is 254 g/mol. The van der Waals surface area contributed by atoms with Crippen LogP contribution in [0.1, 0.15) is 33.3 Å². The minimum atomic E-state index is -0.961. The fourth-order valence-corrected chi connectivity index (χ4v) is 2.00. The maximum atomic E-state index is 10.4. The Morgan fingerprint density at radius 3 is 2.25 bits per heavy atom. The first-order valence-corrected chi connectivity index (χ1v) is 7.06. The molecule has 1 aromatic carbocycles. The third kappa shape index (κ3) is 6.06. The molecule has 0 aromatic heterocycles. The van der Waals surface area contributed by atoms with Gasteiger partial charge >= 0.3 is 5.97 Å². The van der Waals surface area contributed by atoms with E-state index in [1.54, 1.807) is 0 Å². The number of nitrogens with zero attached hydrogens (tertiary/aromatic N) is 1. The number of hydrogen-bond donors (Lipinski definition) is 1. The van der Waals surface area contributed by atoms with Crippen molar-refractivity contribution in [3.8, 4) is 5.75 Å². The predicted octanol–water partition coefficient (Wildman–Crippen LogP) is 3.02. The van der Waals surface area contributed by atoms with Crippen molar-refractivity contribution in [3.63, 3.8) is 0 Å². The van der Waals surface area contributed by atoms with Crippen molar-refractivity contribution in [1.82, 2.24) is 4.90 Å². The van der Waals surface area contributed by atoms with E-state index in [1.165, 1.54) is 5.56 Å². The molecule has 1 N–H and O–H groups in total. The molecule has 0 saturated heterocycles. The quantitative estimate of drug-likeness (QED) is 0.794. The van der Waals surface area contributed by atoms with Crippen LogP contribution in [0.3, 0.4) is 0 Å². The van der Waals surface area contributed by atoms with Gasteiger partial charge in [0.1, 0.15) is 5.75 Å². The SMILES string of the molecule is CC(C)CN(Cc1ccc(OCC(=O)O)cc1)C(C)C. The average molecular weight is 279 g/mol. The van der Waals surface area contributed by atoms with Crippen LogP contribution in [0.2, 0.25) is 0 Å². The molecular formula is C16H25NO3. The number of aliphatic carboxylic acids is 1. The molecule has 0 radical (unpaired) electrons. The summed E-state index contributed by atoms with van der Waals surface area (Å²) in [7, 11) is 0. The molecule has 1 aromatic rings. The van der Waals surface area contributed by atoms with Crippen LogP contribution in [-0.4, -0.2) is 35.2 Å². The Balaban J connectivity index is 2.60. The Morgan fingerprint density at radius 2 is 1.80 bits per heavy atom. The molecule has 112 valence electrons. The minimum absolute atomic E-state index is 0.301. The van der Waals surface area contributed by atoms with Gasteiger partial charge in [-0.15, -0.1) is 0 Å². The average Bonchev–Trinajstić information content (AvgIpc) is 2.36. The fourth-order valence-electron chi connectivity index (χ4n) is 2.00. The van der Waals surface area contributed by atoms with Crippen molar-refractivity contribution in [3.05, 3.63) is 29.8 Å². The van der Waals surface area contributed by atoms with Gasteiger partial charge < -0.3 is 9.84 Å². The third-order valence-electron chi connectivity index (χ3n) is 3.00. The summed E-state index contributed by atoms with van der Waals surface area (Å²) in [6, 6.07) is 8.14. The van der Waals surface area contributed by atoms with Crippen LogP contribution in [0.25, 0.3) is 0 Å². The van der Waals surface area contributed by atoms with Crippen LogP contribution < -0.4 is 4.74 Å². The Hall–Kier alpha value is -1.55. The van der Waals surface area contributed by atoms with Crippen LogP contribution in [-0.2, 0) is 11.3 Å². The third-order valence-corrected chi connectivity index (χ3v) is 3.00. The van der Waals surface area contributed by atoms with Crippen molar-refractivity contribution in [1.29, 1.82) is 0 Å². The van der Waals surface area contributed by atoms with Crippen molar-refractivity contribution < 1.29 is 14.6 Å². The molecule has 0 bridgehead atoms. The summed E-state index contributed by atoms with van der Waals surface area (Å²) < 4.78 is 5.13. The summed E-state index contributed by atoms with van der Waals surface area (Å²) in [5.74, 6) is 0.267. The minimum Gasteiger partial charge on any atom is -0.482 e. The Labute approximate surface area is 121 Å². The van der Waals surface area contributed by atoms with Gasteiger partial charge in [-0.3, -0.25) is 4.90 Å². The summed E-state index contributed by atoms with van der Waals surface area (Å²) >= 11 is 0. The zero-order valence-electron chi connectivity index (χ0n) is 12.8. The molecule has 4 nitrogen and oxygen atoms in total. The highest BCUT2D eigenvalue weighted by Crippen LogP contribution is 2.15. The summed E-state index contributed by atoms with van der Waals surface area (Å²) in [4.78, 5) is 12.9. The molecule has 0 aliphatic rings. The second-order valence-electron chi connectivity index (χ2n) is 5.74. The van der Waals surface area contributed by atoms with E-state index >= 15 is 0 Å². The zero-order valence-corrected chi connectivity index (χ0v) is 12.8. The molecule has 0 heterocycles. The van der Waals surface area contributed by atoms with Crippen LogP contribution in [0.4, 0.5) is 0 Å². The van der Waals surface area contributed by atoms with E-state index in [2.05, 4.69) is 32.6 Å². The van der Waals surface area contributed by atoms with Gasteiger partial charge in [-0.1, -0.05) is 26.0 Å². The van der Waals surface area contributed by atoms with E-state index in [4.69, 9.17) is 9.84 Å². The van der Waals surface area contributed by atoms with Gasteiger partial charge in [-0.2, -0.15) is 0 Å². The zero-order chi connectivity index (χ0) is 15.1. The van der Waals surface area contributed by atoms with E-state index in [1.807, 2.05) is 24.3 Å². The lowest BCUT2D eigenvalue weighted by molar-refractivity contribution is -0.139. The van der Waals surface area contributed by atoms with Gasteiger partial charge in [-0.05, 0) is 37.5 Å². The summed E-state index contributed by atoms with van der Waals surface area (Å²) in [5, 5.41) is 8.56. The van der Waals surface area contributed by atoms with Gasteiger partial charge in [0.05, 0.1) is 0 Å². The van der Waals surface area contributed by atoms with Gasteiger partial charge in [0.25, 0.3) is 0 Å². The number of ether oxygens (including phenoxy) is 1. The second kappa shape index (κ2) is 7.90. The molecule has 0 aliphatic heterocycles. The predicted molar refractivity (Wildman–Crippen MR) is 80.0 cm³/mol. The molecule has 0 unspecified atom stereocenters. The maximum absolute atomic E-state index is 10.4. The second-order valence-corrected chi connectivity index (χ2v) is 5.74. The summed E-state index contributed by atoms with van der Waals surface area (Å²) in [6.45, 7) is 10.5. The van der Waals surface area contributed by atoms with Crippen molar-refractivity contribution in [2.75, 3.05) is 13.2 Å². The largest absolute Gasteiger partial charge is 0.482 e. The first kappa shape index (κ1) is 16.5. The van der Waals surface area contributed by atoms with Crippen LogP contribution in [0.5, 0.6) is 5.75 Å². The normalized spacial score (nSPS) is 11.3. The molecule has 0 atom stereocenters. The highest BCUT2D eigenvalue weighted by atomic mass is 16.5. The van der Waals surface area contributed by atoms with Gasteiger partial charge in [0.15, 0.2) is 6.61 Å². The fraction of sp³-hybridized carbons (Fsp3) is 0.562. The summed E-state index contributed by atoms with van der Waals surface area (Å²) in [5.41, 5.74) is 1.21. The highest BCUT2D eigenvalue weighted by molar-refractivity contribution is 5.68. The van der Waals surface area contributed by atoms with Crippen molar-refractivity contribution in [2.45, 2.75) is 40.3 Å². The number of carboxylic acids is 1. The molecule has 0 saturated carbocycles. The molecule has 0 aliphatic carbocycles. The van der Waals surface area contributed by atoms with Crippen molar-refractivity contribution >= 4 is 5.97 Å². The number of hydrogen-bond acceptors (Lipinski definition) is 3. The number of carbonyl (C=O) groups is 1. The Kier molecular flexibility index (Phi) is 6.52. The standard InChI is InChI=1S/C16H25NO3/c1-12(2)9-17(13(3)4)10-14-5-7-15(8-6-14)20-11-16(18)19/h5-8,12-13H,9-11H2,1-4H3,(H,18,19). The molecule has 0 amide bonds. The van der Waals surface area contributed by atoms with Gasteiger partial charge in [0.2, 0.25) is 0 Å². The lowest BCUT2D eigenvalue weighted by Gasteiger charge is -2.28. The monoisotopic (exact) mass is 279 g/mol. The van der Waals surface area contributed by atoms with E-state index in [0.29, 0.717) is 17.7 Å². The van der Waals surface area contributed by atoms with Crippen LogP contribution >= 0.6 is 0 Å². The first-order chi connectivity index (χ1) is 9.38. The first-order valence-electron chi connectivity index (χ1n) is 7.06. The molecule has 4 heteroatoms. The molecule has 20 heavy (non-hydrogen) atoms. The highest BCUT2D eigenvalue weighted by Gasteiger charge is 2.11. The smallest absolute Gasteiger partial charge is 0.341 e. The number of carboxylic acid groups (broad SMARTS) is 1. The lowest BCUT2D eigenvalue weighted by atomic mass is 10.1.